The number of amides is 1. The van der Waals surface area contributed by atoms with Crippen molar-refractivity contribution in [3.05, 3.63) is 30.5 Å². The summed E-state index contributed by atoms with van der Waals surface area (Å²) in [6.07, 6.45) is 8.80. The van der Waals surface area contributed by atoms with Gasteiger partial charge in [-0.2, -0.15) is 0 Å². The molecule has 0 saturated carbocycles. The average Bonchev–Trinajstić information content (AvgIpc) is 2.57. The number of likely N-dealkylation sites (N-methyl/N-ethyl adjacent to an activating group) is 1. The second-order valence-corrected chi connectivity index (χ2v) is 6.17. The van der Waals surface area contributed by atoms with Crippen molar-refractivity contribution in [2.24, 2.45) is 5.92 Å². The van der Waals surface area contributed by atoms with Gasteiger partial charge in [0.15, 0.2) is 0 Å². The molecule has 1 atom stereocenters. The van der Waals surface area contributed by atoms with Crippen LogP contribution in [0.3, 0.4) is 0 Å². The van der Waals surface area contributed by atoms with Crippen LogP contribution in [0.4, 0.5) is 11.5 Å². The van der Waals surface area contributed by atoms with Crippen molar-refractivity contribution < 1.29 is 4.79 Å². The van der Waals surface area contributed by atoms with E-state index >= 15 is 0 Å². The lowest BCUT2D eigenvalue weighted by Crippen LogP contribution is -2.44. The lowest BCUT2D eigenvalue weighted by molar-refractivity contribution is -0.120. The van der Waals surface area contributed by atoms with Crippen molar-refractivity contribution >= 4 is 17.4 Å². The normalized spacial score (nSPS) is 22.6. The van der Waals surface area contributed by atoms with Crippen LogP contribution in [0.2, 0.25) is 0 Å². The zero-order valence-electron chi connectivity index (χ0n) is 13.2. The molecule has 0 unspecified atom stereocenters. The summed E-state index contributed by atoms with van der Waals surface area (Å²) in [6.45, 7) is 4.14. The van der Waals surface area contributed by atoms with Crippen molar-refractivity contribution in [3.63, 3.8) is 0 Å². The Hall–Kier alpha value is -1.88. The van der Waals surface area contributed by atoms with Crippen molar-refractivity contribution in [2.75, 3.05) is 43.4 Å². The van der Waals surface area contributed by atoms with Crippen LogP contribution >= 0.6 is 0 Å². The van der Waals surface area contributed by atoms with E-state index in [1.165, 1.54) is 0 Å². The molecule has 0 spiro atoms. The van der Waals surface area contributed by atoms with Gasteiger partial charge in [0.2, 0.25) is 5.91 Å². The summed E-state index contributed by atoms with van der Waals surface area (Å²) in [6, 6.07) is 3.96. The number of piperazine rings is 1. The molecule has 1 aliphatic carbocycles. The molecule has 1 fully saturated rings. The van der Waals surface area contributed by atoms with Crippen LogP contribution in [-0.4, -0.2) is 49.0 Å². The van der Waals surface area contributed by atoms with Crippen LogP contribution in [0.25, 0.3) is 0 Å². The molecule has 0 radical (unpaired) electrons. The first-order valence-corrected chi connectivity index (χ1v) is 8.08. The summed E-state index contributed by atoms with van der Waals surface area (Å²) in [4.78, 5) is 21.3. The van der Waals surface area contributed by atoms with Gasteiger partial charge in [0.1, 0.15) is 5.82 Å². The first kappa shape index (κ1) is 15.0. The molecular formula is C17H24N4O. The molecule has 1 aromatic heterocycles. The van der Waals surface area contributed by atoms with Gasteiger partial charge in [-0.05, 0) is 38.4 Å². The van der Waals surface area contributed by atoms with E-state index in [9.17, 15) is 4.79 Å². The Labute approximate surface area is 132 Å². The molecule has 2 aliphatic rings. The minimum Gasteiger partial charge on any atom is -0.354 e. The quantitative estimate of drug-likeness (QED) is 0.869. The fraction of sp³-hybridized carbons (Fsp3) is 0.529. The Morgan fingerprint density at radius 2 is 2.05 bits per heavy atom. The molecule has 1 N–H and O–H groups in total. The van der Waals surface area contributed by atoms with E-state index in [4.69, 9.17) is 0 Å². The SMILES string of the molecule is CN1CCN(c2ccc(NC(=O)[C@@H]3CC=CCC3)cn2)CC1. The lowest BCUT2D eigenvalue weighted by atomic mass is 9.93. The number of pyridine rings is 1. The summed E-state index contributed by atoms with van der Waals surface area (Å²) in [7, 11) is 2.14. The van der Waals surface area contributed by atoms with Gasteiger partial charge < -0.3 is 15.1 Å². The maximum absolute atomic E-state index is 12.2. The van der Waals surface area contributed by atoms with E-state index in [2.05, 4.69) is 39.3 Å². The minimum absolute atomic E-state index is 0.0994. The Morgan fingerprint density at radius 3 is 2.68 bits per heavy atom. The molecule has 1 aromatic rings. The number of hydrogen-bond donors (Lipinski definition) is 1. The molecule has 5 nitrogen and oxygen atoms in total. The third-order valence-corrected chi connectivity index (χ3v) is 4.48. The van der Waals surface area contributed by atoms with Crippen LogP contribution in [0.5, 0.6) is 0 Å². The number of nitrogens with one attached hydrogen (secondary N) is 1. The van der Waals surface area contributed by atoms with E-state index in [0.717, 1.165) is 56.9 Å². The van der Waals surface area contributed by atoms with Crippen molar-refractivity contribution in [2.45, 2.75) is 19.3 Å². The summed E-state index contributed by atoms with van der Waals surface area (Å²) < 4.78 is 0. The first-order valence-electron chi connectivity index (χ1n) is 8.08. The molecule has 2 heterocycles. The monoisotopic (exact) mass is 300 g/mol. The number of anilines is 2. The second kappa shape index (κ2) is 6.92. The molecule has 1 amide bonds. The predicted octanol–water partition coefficient (Wildman–Crippen LogP) is 2.13. The number of nitrogens with zero attached hydrogens (tertiary/aromatic N) is 3. The summed E-state index contributed by atoms with van der Waals surface area (Å²) in [5.74, 6) is 1.20. The van der Waals surface area contributed by atoms with Gasteiger partial charge in [-0.3, -0.25) is 4.79 Å². The van der Waals surface area contributed by atoms with E-state index in [-0.39, 0.29) is 11.8 Å². The number of hydrogen-bond acceptors (Lipinski definition) is 4. The van der Waals surface area contributed by atoms with Gasteiger partial charge in [-0.15, -0.1) is 0 Å². The van der Waals surface area contributed by atoms with Crippen LogP contribution in [0.15, 0.2) is 30.5 Å². The van der Waals surface area contributed by atoms with Gasteiger partial charge in [-0.1, -0.05) is 12.2 Å². The van der Waals surface area contributed by atoms with E-state index < -0.39 is 0 Å². The molecule has 1 aliphatic heterocycles. The maximum atomic E-state index is 12.2. The van der Waals surface area contributed by atoms with E-state index in [0.29, 0.717) is 0 Å². The molecule has 5 heteroatoms. The molecule has 0 bridgehead atoms. The van der Waals surface area contributed by atoms with Crippen LogP contribution in [-0.2, 0) is 4.79 Å². The highest BCUT2D eigenvalue weighted by atomic mass is 16.1. The standard InChI is InChI=1S/C17H24N4O/c1-20-9-11-21(12-10-20)16-8-7-15(13-18-16)19-17(22)14-5-3-2-4-6-14/h2-3,7-8,13-14H,4-6,9-12H2,1H3,(H,19,22)/t14-/m1/s1. The Bertz CT molecular complexity index is 532. The zero-order chi connectivity index (χ0) is 15.4. The van der Waals surface area contributed by atoms with Crippen molar-refractivity contribution in [1.82, 2.24) is 9.88 Å². The highest BCUT2D eigenvalue weighted by Crippen LogP contribution is 2.21. The molecule has 0 aromatic carbocycles. The summed E-state index contributed by atoms with van der Waals surface area (Å²) in [5, 5.41) is 2.99. The number of rotatable bonds is 3. The van der Waals surface area contributed by atoms with Gasteiger partial charge >= 0.3 is 0 Å². The summed E-state index contributed by atoms with van der Waals surface area (Å²) >= 11 is 0. The van der Waals surface area contributed by atoms with Gasteiger partial charge in [0.05, 0.1) is 11.9 Å². The topological polar surface area (TPSA) is 48.5 Å². The molecule has 1 saturated heterocycles. The van der Waals surface area contributed by atoms with Crippen LogP contribution in [0, 0.1) is 5.92 Å². The third-order valence-electron chi connectivity index (χ3n) is 4.48. The second-order valence-electron chi connectivity index (χ2n) is 6.17. The summed E-state index contributed by atoms with van der Waals surface area (Å²) in [5.41, 5.74) is 0.789. The van der Waals surface area contributed by atoms with E-state index in [1.54, 1.807) is 6.20 Å². The number of carbonyl (C=O) groups excluding carboxylic acids is 1. The minimum atomic E-state index is 0.0994. The highest BCUT2D eigenvalue weighted by Gasteiger charge is 2.19. The zero-order valence-corrected chi connectivity index (χ0v) is 13.2. The third kappa shape index (κ3) is 3.65. The van der Waals surface area contributed by atoms with Gasteiger partial charge in [-0.25, -0.2) is 4.98 Å². The smallest absolute Gasteiger partial charge is 0.227 e. The number of aromatic nitrogens is 1. The fourth-order valence-electron chi connectivity index (χ4n) is 2.96. The van der Waals surface area contributed by atoms with Crippen molar-refractivity contribution in [3.8, 4) is 0 Å². The molecular weight excluding hydrogens is 276 g/mol. The number of carbonyl (C=O) groups is 1. The molecule has 22 heavy (non-hydrogen) atoms. The van der Waals surface area contributed by atoms with Crippen molar-refractivity contribution in [1.29, 1.82) is 0 Å². The lowest BCUT2D eigenvalue weighted by Gasteiger charge is -2.33. The Kier molecular flexibility index (Phi) is 4.73. The number of allylic oxidation sites excluding steroid dienone is 2. The van der Waals surface area contributed by atoms with Crippen LogP contribution in [0.1, 0.15) is 19.3 Å². The van der Waals surface area contributed by atoms with E-state index in [1.807, 2.05) is 12.1 Å². The highest BCUT2D eigenvalue weighted by molar-refractivity contribution is 5.92. The molecule has 118 valence electrons. The van der Waals surface area contributed by atoms with Gasteiger partial charge in [0, 0.05) is 32.1 Å². The largest absolute Gasteiger partial charge is 0.354 e. The predicted molar refractivity (Wildman–Crippen MR) is 89.1 cm³/mol. The Morgan fingerprint density at radius 1 is 1.23 bits per heavy atom. The van der Waals surface area contributed by atoms with Crippen LogP contribution < -0.4 is 10.2 Å². The van der Waals surface area contributed by atoms with Gasteiger partial charge in [0.25, 0.3) is 0 Å². The first-order chi connectivity index (χ1) is 10.7. The fourth-order valence-corrected chi connectivity index (χ4v) is 2.96. The maximum Gasteiger partial charge on any atom is 0.227 e. The Balaban J connectivity index is 1.57. The molecule has 3 rings (SSSR count). The average molecular weight is 300 g/mol.